The number of guanidine groups is 1. The largest absolute Gasteiger partial charge is 0.495 e. The Labute approximate surface area is 177 Å². The van der Waals surface area contributed by atoms with Gasteiger partial charge in [0.25, 0.3) is 5.69 Å². The lowest BCUT2D eigenvalue weighted by Gasteiger charge is -2.36. The lowest BCUT2D eigenvalue weighted by atomic mass is 10.0. The summed E-state index contributed by atoms with van der Waals surface area (Å²) in [7, 11) is 1.70. The van der Waals surface area contributed by atoms with E-state index in [9.17, 15) is 10.1 Å². The van der Waals surface area contributed by atoms with Gasteiger partial charge in [0.05, 0.1) is 24.3 Å². The molecule has 0 aromatic heterocycles. The quantitative estimate of drug-likeness (QED) is 0.314. The van der Waals surface area contributed by atoms with Crippen molar-refractivity contribution in [3.63, 3.8) is 0 Å². The number of nitro groups is 1. The zero-order valence-electron chi connectivity index (χ0n) is 17.5. The summed E-state index contributed by atoms with van der Waals surface area (Å²) in [4.78, 5) is 17.6. The number of non-ortho nitro benzene ring substituents is 1. The van der Waals surface area contributed by atoms with Crippen LogP contribution in [0.5, 0.6) is 5.75 Å². The molecule has 0 aliphatic carbocycles. The van der Waals surface area contributed by atoms with Gasteiger partial charge in [-0.15, -0.1) is 0 Å². The number of ether oxygens (including phenoxy) is 1. The molecule has 1 heterocycles. The predicted octanol–water partition coefficient (Wildman–Crippen LogP) is 3.33. The lowest BCUT2D eigenvalue weighted by Crippen LogP contribution is -2.51. The van der Waals surface area contributed by atoms with E-state index in [0.717, 1.165) is 55.4 Å². The smallest absolute Gasteiger partial charge is 0.269 e. The Hall–Kier alpha value is -3.29. The van der Waals surface area contributed by atoms with Gasteiger partial charge in [-0.3, -0.25) is 10.1 Å². The van der Waals surface area contributed by atoms with Crippen LogP contribution in [-0.2, 0) is 6.54 Å². The second-order valence-electron chi connectivity index (χ2n) is 7.22. The van der Waals surface area contributed by atoms with Gasteiger partial charge >= 0.3 is 0 Å². The molecule has 0 saturated carbocycles. The number of anilines is 1. The van der Waals surface area contributed by atoms with Crippen LogP contribution >= 0.6 is 0 Å². The van der Waals surface area contributed by atoms with E-state index in [1.165, 1.54) is 6.07 Å². The maximum atomic E-state index is 11.0. The monoisotopic (exact) mass is 411 g/mol. The van der Waals surface area contributed by atoms with Crippen LogP contribution in [0.15, 0.2) is 53.5 Å². The molecule has 1 unspecified atom stereocenters. The molecule has 0 radical (unpaired) electrons. The van der Waals surface area contributed by atoms with Crippen LogP contribution < -0.4 is 20.3 Å². The predicted molar refractivity (Wildman–Crippen MR) is 119 cm³/mol. The van der Waals surface area contributed by atoms with Crippen molar-refractivity contribution in [3.05, 3.63) is 64.2 Å². The van der Waals surface area contributed by atoms with Gasteiger partial charge in [-0.1, -0.05) is 24.3 Å². The van der Waals surface area contributed by atoms with Crippen LogP contribution in [0.4, 0.5) is 11.4 Å². The third kappa shape index (κ3) is 5.62. The van der Waals surface area contributed by atoms with Crippen LogP contribution in [0, 0.1) is 10.1 Å². The first-order valence-corrected chi connectivity index (χ1v) is 10.3. The van der Waals surface area contributed by atoms with Crippen molar-refractivity contribution < 1.29 is 9.66 Å². The molecule has 3 rings (SSSR count). The Morgan fingerprint density at radius 2 is 2.13 bits per heavy atom. The van der Waals surface area contributed by atoms with Crippen LogP contribution in [0.1, 0.15) is 25.3 Å². The molecule has 30 heavy (non-hydrogen) atoms. The summed E-state index contributed by atoms with van der Waals surface area (Å²) in [5.41, 5.74) is 1.99. The van der Waals surface area contributed by atoms with Gasteiger partial charge in [0, 0.05) is 37.8 Å². The molecule has 8 heteroatoms. The molecule has 2 aromatic rings. The van der Waals surface area contributed by atoms with E-state index in [2.05, 4.69) is 26.6 Å². The summed E-state index contributed by atoms with van der Waals surface area (Å²) in [6, 6.07) is 14.9. The minimum Gasteiger partial charge on any atom is -0.495 e. The van der Waals surface area contributed by atoms with Crippen LogP contribution in [0.25, 0.3) is 0 Å². The van der Waals surface area contributed by atoms with Crippen molar-refractivity contribution in [2.24, 2.45) is 4.99 Å². The van der Waals surface area contributed by atoms with Crippen molar-refractivity contribution in [3.8, 4) is 5.75 Å². The molecule has 1 aliphatic heterocycles. The molecule has 160 valence electrons. The van der Waals surface area contributed by atoms with E-state index in [1.54, 1.807) is 19.2 Å². The fourth-order valence-corrected chi connectivity index (χ4v) is 3.66. The second kappa shape index (κ2) is 10.5. The number of hydrogen-bond donors (Lipinski definition) is 2. The first-order valence-electron chi connectivity index (χ1n) is 10.3. The third-order valence-corrected chi connectivity index (χ3v) is 5.07. The van der Waals surface area contributed by atoms with Crippen LogP contribution in [-0.4, -0.2) is 43.7 Å². The molecule has 1 aliphatic rings. The Balaban J connectivity index is 1.67. The molecular formula is C22H29N5O3. The van der Waals surface area contributed by atoms with E-state index < -0.39 is 0 Å². The first kappa shape index (κ1) is 21.4. The fraction of sp³-hybridized carbons (Fsp3) is 0.409. The summed E-state index contributed by atoms with van der Waals surface area (Å²) in [6.07, 6.45) is 2.12. The van der Waals surface area contributed by atoms with E-state index >= 15 is 0 Å². The number of aliphatic imine (C=N–C) groups is 1. The summed E-state index contributed by atoms with van der Waals surface area (Å²) in [5, 5.41) is 17.8. The number of nitro benzene ring substituents is 1. The Kier molecular flexibility index (Phi) is 7.48. The first-order chi connectivity index (χ1) is 14.6. The lowest BCUT2D eigenvalue weighted by molar-refractivity contribution is -0.384. The molecule has 0 amide bonds. The number of piperidine rings is 1. The number of methoxy groups -OCH3 is 1. The normalized spacial score (nSPS) is 16.8. The van der Waals surface area contributed by atoms with Crippen molar-refractivity contribution in [2.75, 3.05) is 31.6 Å². The van der Waals surface area contributed by atoms with E-state index in [0.29, 0.717) is 6.54 Å². The standard InChI is InChI=1S/C22H29N5O3/c1-3-23-22(24-15-17-8-6-10-19(14-17)27(28)29)25-18-9-7-13-26(16-18)20-11-4-5-12-21(20)30-2/h4-6,8,10-12,14,18H,3,7,9,13,15-16H2,1-2H3,(H2,23,24,25). The van der Waals surface area contributed by atoms with E-state index in [-0.39, 0.29) is 16.7 Å². The minimum absolute atomic E-state index is 0.0837. The summed E-state index contributed by atoms with van der Waals surface area (Å²) in [5.74, 6) is 1.60. The fourth-order valence-electron chi connectivity index (χ4n) is 3.66. The molecule has 1 fully saturated rings. The molecule has 8 nitrogen and oxygen atoms in total. The highest BCUT2D eigenvalue weighted by Crippen LogP contribution is 2.29. The SMILES string of the molecule is CCNC(=NCc1cccc([N+](=O)[O-])c1)NC1CCCN(c2ccccc2OC)C1. The summed E-state index contributed by atoms with van der Waals surface area (Å²) in [6.45, 7) is 4.97. The van der Waals surface area contributed by atoms with Gasteiger partial charge in [0.15, 0.2) is 5.96 Å². The molecule has 1 saturated heterocycles. The van der Waals surface area contributed by atoms with Crippen LogP contribution in [0.3, 0.4) is 0 Å². The van der Waals surface area contributed by atoms with E-state index in [4.69, 9.17) is 4.74 Å². The third-order valence-electron chi connectivity index (χ3n) is 5.07. The highest BCUT2D eigenvalue weighted by molar-refractivity contribution is 5.80. The Morgan fingerprint density at radius 3 is 2.90 bits per heavy atom. The highest BCUT2D eigenvalue weighted by Gasteiger charge is 2.22. The van der Waals surface area contributed by atoms with Gasteiger partial charge in [-0.2, -0.15) is 0 Å². The van der Waals surface area contributed by atoms with Gasteiger partial charge < -0.3 is 20.3 Å². The molecule has 0 spiro atoms. The maximum Gasteiger partial charge on any atom is 0.269 e. The number of hydrogen-bond acceptors (Lipinski definition) is 5. The average Bonchev–Trinajstić information content (AvgIpc) is 2.78. The van der Waals surface area contributed by atoms with E-state index in [1.807, 2.05) is 31.2 Å². The summed E-state index contributed by atoms with van der Waals surface area (Å²) < 4.78 is 5.52. The summed E-state index contributed by atoms with van der Waals surface area (Å²) >= 11 is 0. The topological polar surface area (TPSA) is 92.0 Å². The van der Waals surface area contributed by atoms with Crippen molar-refractivity contribution >= 4 is 17.3 Å². The van der Waals surface area contributed by atoms with Gasteiger partial charge in [0.1, 0.15) is 5.75 Å². The van der Waals surface area contributed by atoms with Gasteiger partial charge in [-0.25, -0.2) is 4.99 Å². The van der Waals surface area contributed by atoms with Crippen molar-refractivity contribution in [1.29, 1.82) is 0 Å². The van der Waals surface area contributed by atoms with Gasteiger partial charge in [0.2, 0.25) is 0 Å². The average molecular weight is 412 g/mol. The molecule has 2 aromatic carbocycles. The second-order valence-corrected chi connectivity index (χ2v) is 7.22. The Morgan fingerprint density at radius 1 is 1.30 bits per heavy atom. The van der Waals surface area contributed by atoms with Crippen LogP contribution in [0.2, 0.25) is 0 Å². The highest BCUT2D eigenvalue weighted by atomic mass is 16.6. The molecule has 1 atom stereocenters. The molecule has 0 bridgehead atoms. The number of nitrogens with one attached hydrogen (secondary N) is 2. The number of rotatable bonds is 7. The van der Waals surface area contributed by atoms with Gasteiger partial charge in [-0.05, 0) is 37.5 Å². The molecule has 2 N–H and O–H groups in total. The number of para-hydroxylation sites is 2. The minimum atomic E-state index is -0.384. The zero-order valence-corrected chi connectivity index (χ0v) is 17.5. The number of benzene rings is 2. The number of nitrogens with zero attached hydrogens (tertiary/aromatic N) is 3. The van der Waals surface area contributed by atoms with Crippen molar-refractivity contribution in [1.82, 2.24) is 10.6 Å². The zero-order chi connectivity index (χ0) is 21.3. The van der Waals surface area contributed by atoms with Crippen molar-refractivity contribution in [2.45, 2.75) is 32.4 Å². The maximum absolute atomic E-state index is 11.0. The molecular weight excluding hydrogens is 382 g/mol. The Bertz CT molecular complexity index is 887.